The van der Waals surface area contributed by atoms with Crippen molar-refractivity contribution in [2.75, 3.05) is 0 Å². The van der Waals surface area contributed by atoms with E-state index in [4.69, 9.17) is 5.73 Å². The summed E-state index contributed by atoms with van der Waals surface area (Å²) in [5.41, 5.74) is 11.8. The Morgan fingerprint density at radius 1 is 1.22 bits per heavy atom. The standard InChI is InChI=1S/C19H17N7O/c1-12(24-25-18(20)27)15-9-22-19-23-10-16(26(19)11-15)8-13-4-5-17-14(7-13)3-2-6-21-17/h2-7,9-11H,8H2,1H3,(H3,20,25,27)/b24-12-. The van der Waals surface area contributed by atoms with Crippen molar-refractivity contribution < 1.29 is 4.79 Å². The fourth-order valence-electron chi connectivity index (χ4n) is 2.89. The molecule has 4 aromatic rings. The number of fused-ring (bicyclic) bond motifs is 2. The number of imidazole rings is 1. The van der Waals surface area contributed by atoms with E-state index in [9.17, 15) is 4.79 Å². The van der Waals surface area contributed by atoms with Crippen LogP contribution in [0.1, 0.15) is 23.7 Å². The van der Waals surface area contributed by atoms with E-state index in [0.29, 0.717) is 17.9 Å². The molecule has 3 N–H and O–H groups in total. The van der Waals surface area contributed by atoms with Gasteiger partial charge in [-0.2, -0.15) is 5.10 Å². The van der Waals surface area contributed by atoms with Crippen molar-refractivity contribution in [1.82, 2.24) is 24.8 Å². The maximum Gasteiger partial charge on any atom is 0.332 e. The minimum atomic E-state index is -0.711. The molecule has 27 heavy (non-hydrogen) atoms. The normalized spacial score (nSPS) is 11.8. The monoisotopic (exact) mass is 359 g/mol. The van der Waals surface area contributed by atoms with Crippen LogP contribution in [0.15, 0.2) is 60.2 Å². The number of nitrogens with two attached hydrogens (primary N) is 1. The quantitative estimate of drug-likeness (QED) is 0.430. The van der Waals surface area contributed by atoms with Gasteiger partial charge >= 0.3 is 6.03 Å². The summed E-state index contributed by atoms with van der Waals surface area (Å²) in [4.78, 5) is 23.9. The van der Waals surface area contributed by atoms with Gasteiger partial charge in [0.25, 0.3) is 0 Å². The molecule has 8 heteroatoms. The van der Waals surface area contributed by atoms with Crippen LogP contribution in [-0.4, -0.2) is 31.1 Å². The number of nitrogens with one attached hydrogen (secondary N) is 1. The van der Waals surface area contributed by atoms with Gasteiger partial charge in [0.05, 0.1) is 17.4 Å². The first kappa shape index (κ1) is 16.6. The molecule has 0 bridgehead atoms. The number of aromatic nitrogens is 4. The second kappa shape index (κ2) is 6.83. The van der Waals surface area contributed by atoms with E-state index in [1.165, 1.54) is 0 Å². The van der Waals surface area contributed by atoms with Gasteiger partial charge in [-0.05, 0) is 30.7 Å². The number of benzene rings is 1. The van der Waals surface area contributed by atoms with Gasteiger partial charge in [-0.15, -0.1) is 0 Å². The molecule has 0 saturated carbocycles. The lowest BCUT2D eigenvalue weighted by Gasteiger charge is -2.06. The van der Waals surface area contributed by atoms with Gasteiger partial charge in [-0.3, -0.25) is 9.38 Å². The zero-order valence-corrected chi connectivity index (χ0v) is 14.6. The first-order valence-corrected chi connectivity index (χ1v) is 8.36. The molecule has 0 fully saturated rings. The van der Waals surface area contributed by atoms with E-state index >= 15 is 0 Å². The number of carbonyl (C=O) groups excluding carboxylic acids is 1. The third-order valence-electron chi connectivity index (χ3n) is 4.25. The number of carbonyl (C=O) groups is 1. The smallest absolute Gasteiger partial charge is 0.332 e. The predicted octanol–water partition coefficient (Wildman–Crippen LogP) is 2.26. The molecule has 0 unspecified atom stereocenters. The van der Waals surface area contributed by atoms with Crippen molar-refractivity contribution in [2.24, 2.45) is 10.8 Å². The number of primary amides is 1. The molecule has 3 heterocycles. The molecule has 134 valence electrons. The maximum atomic E-state index is 10.8. The van der Waals surface area contributed by atoms with E-state index in [2.05, 4.69) is 37.6 Å². The summed E-state index contributed by atoms with van der Waals surface area (Å²) in [5, 5.41) is 5.04. The van der Waals surface area contributed by atoms with Crippen molar-refractivity contribution in [1.29, 1.82) is 0 Å². The van der Waals surface area contributed by atoms with Crippen molar-refractivity contribution >= 4 is 28.4 Å². The number of pyridine rings is 1. The highest BCUT2D eigenvalue weighted by Gasteiger charge is 2.09. The molecule has 3 aromatic heterocycles. The molecule has 0 aliphatic rings. The topological polar surface area (TPSA) is 111 Å². The molecule has 0 aliphatic heterocycles. The summed E-state index contributed by atoms with van der Waals surface area (Å²) in [6.07, 6.45) is 7.86. The fourth-order valence-corrected chi connectivity index (χ4v) is 2.89. The van der Waals surface area contributed by atoms with Gasteiger partial charge in [-0.25, -0.2) is 20.2 Å². The molecule has 8 nitrogen and oxygen atoms in total. The Kier molecular flexibility index (Phi) is 4.21. The van der Waals surface area contributed by atoms with Crippen molar-refractivity contribution in [3.05, 3.63) is 71.9 Å². The molecule has 0 saturated heterocycles. The van der Waals surface area contributed by atoms with Crippen molar-refractivity contribution in [3.8, 4) is 0 Å². The first-order chi connectivity index (χ1) is 13.1. The van der Waals surface area contributed by atoms with Gasteiger partial charge in [0.2, 0.25) is 5.78 Å². The van der Waals surface area contributed by atoms with Crippen LogP contribution in [0.3, 0.4) is 0 Å². The molecule has 0 spiro atoms. The van der Waals surface area contributed by atoms with E-state index in [-0.39, 0.29) is 0 Å². The molecule has 4 rings (SSSR count). The average Bonchev–Trinajstić information content (AvgIpc) is 3.08. The van der Waals surface area contributed by atoms with Crippen LogP contribution in [-0.2, 0) is 6.42 Å². The third kappa shape index (κ3) is 3.45. The molecular weight excluding hydrogens is 342 g/mol. The Balaban J connectivity index is 1.67. The first-order valence-electron chi connectivity index (χ1n) is 8.36. The Hall–Kier alpha value is -3.81. The SMILES string of the molecule is C/C(=N/NC(N)=O)c1cnc2ncc(Cc3ccc4ncccc4c3)n2c1. The third-order valence-corrected chi connectivity index (χ3v) is 4.25. The van der Waals surface area contributed by atoms with Crippen LogP contribution < -0.4 is 11.2 Å². The lowest BCUT2D eigenvalue weighted by atomic mass is 10.1. The molecule has 0 radical (unpaired) electrons. The number of hydrogen-bond acceptors (Lipinski definition) is 5. The van der Waals surface area contributed by atoms with Crippen LogP contribution in [0.2, 0.25) is 0 Å². The second-order valence-corrected chi connectivity index (χ2v) is 6.14. The molecular formula is C19H17N7O. The Labute approximate surface area is 154 Å². The highest BCUT2D eigenvalue weighted by atomic mass is 16.2. The highest BCUT2D eigenvalue weighted by Crippen LogP contribution is 2.17. The van der Waals surface area contributed by atoms with E-state index in [1.54, 1.807) is 19.3 Å². The molecule has 0 aliphatic carbocycles. The van der Waals surface area contributed by atoms with Crippen molar-refractivity contribution in [2.45, 2.75) is 13.3 Å². The number of rotatable bonds is 4. The molecule has 0 atom stereocenters. The Morgan fingerprint density at radius 2 is 2.07 bits per heavy atom. The van der Waals surface area contributed by atoms with Crippen LogP contribution in [0, 0.1) is 0 Å². The van der Waals surface area contributed by atoms with Crippen LogP contribution in [0.4, 0.5) is 4.79 Å². The van der Waals surface area contributed by atoms with Crippen molar-refractivity contribution in [3.63, 3.8) is 0 Å². The minimum absolute atomic E-state index is 0.597. The van der Waals surface area contributed by atoms with Gasteiger partial charge in [-0.1, -0.05) is 12.1 Å². The van der Waals surface area contributed by atoms with Gasteiger partial charge in [0.1, 0.15) is 0 Å². The summed E-state index contributed by atoms with van der Waals surface area (Å²) in [5.74, 6) is 0.604. The fraction of sp³-hybridized carbons (Fsp3) is 0.105. The average molecular weight is 359 g/mol. The molecule has 2 amide bonds. The summed E-state index contributed by atoms with van der Waals surface area (Å²) >= 11 is 0. The number of hydrazone groups is 1. The summed E-state index contributed by atoms with van der Waals surface area (Å²) in [6.45, 7) is 1.77. The molecule has 1 aromatic carbocycles. The number of amides is 2. The zero-order chi connectivity index (χ0) is 18.8. The predicted molar refractivity (Wildman–Crippen MR) is 102 cm³/mol. The minimum Gasteiger partial charge on any atom is -0.350 e. The Morgan fingerprint density at radius 3 is 2.93 bits per heavy atom. The summed E-state index contributed by atoms with van der Waals surface area (Å²) in [6, 6.07) is 9.48. The highest BCUT2D eigenvalue weighted by molar-refractivity contribution is 5.98. The van der Waals surface area contributed by atoms with Gasteiger partial charge in [0, 0.05) is 41.7 Å². The second-order valence-electron chi connectivity index (χ2n) is 6.14. The van der Waals surface area contributed by atoms with Gasteiger partial charge in [0.15, 0.2) is 0 Å². The van der Waals surface area contributed by atoms with E-state index < -0.39 is 6.03 Å². The van der Waals surface area contributed by atoms with Crippen LogP contribution in [0.25, 0.3) is 16.7 Å². The maximum absolute atomic E-state index is 10.8. The van der Waals surface area contributed by atoms with Crippen LogP contribution in [0.5, 0.6) is 0 Å². The summed E-state index contributed by atoms with van der Waals surface area (Å²) < 4.78 is 1.92. The summed E-state index contributed by atoms with van der Waals surface area (Å²) in [7, 11) is 0. The van der Waals surface area contributed by atoms with E-state index in [1.807, 2.05) is 35.0 Å². The lowest BCUT2D eigenvalue weighted by Crippen LogP contribution is -2.25. The van der Waals surface area contributed by atoms with Crippen LogP contribution >= 0.6 is 0 Å². The largest absolute Gasteiger partial charge is 0.350 e. The number of nitrogens with zero attached hydrogens (tertiary/aromatic N) is 5. The number of urea groups is 1. The Bertz CT molecular complexity index is 1180. The van der Waals surface area contributed by atoms with Gasteiger partial charge < -0.3 is 5.73 Å². The van der Waals surface area contributed by atoms with E-state index in [0.717, 1.165) is 27.7 Å². The number of hydrogen-bond donors (Lipinski definition) is 2. The lowest BCUT2D eigenvalue weighted by molar-refractivity contribution is 0.249. The zero-order valence-electron chi connectivity index (χ0n) is 14.6.